The molecule has 0 aliphatic carbocycles. The highest BCUT2D eigenvalue weighted by atomic mass is 35.5. The summed E-state index contributed by atoms with van der Waals surface area (Å²) in [5, 5.41) is 0. The van der Waals surface area contributed by atoms with Crippen LogP contribution in [-0.2, 0) is 15.7 Å². The van der Waals surface area contributed by atoms with Gasteiger partial charge in [0.15, 0.2) is 9.84 Å². The van der Waals surface area contributed by atoms with E-state index in [-0.39, 0.29) is 12.4 Å². The summed E-state index contributed by atoms with van der Waals surface area (Å²) in [5.74, 6) is 1.03. The van der Waals surface area contributed by atoms with Crippen molar-refractivity contribution < 1.29 is 13.2 Å². The molecule has 1 rings (SSSR count). The summed E-state index contributed by atoms with van der Waals surface area (Å²) in [6.45, 7) is 2.13. The van der Waals surface area contributed by atoms with Gasteiger partial charge in [0.25, 0.3) is 0 Å². The number of benzene rings is 1. The Morgan fingerprint density at radius 2 is 2.06 bits per heavy atom. The second kappa shape index (κ2) is 5.55. The van der Waals surface area contributed by atoms with Gasteiger partial charge >= 0.3 is 0 Å². The van der Waals surface area contributed by atoms with E-state index in [4.69, 9.17) is 16.3 Å². The van der Waals surface area contributed by atoms with Crippen LogP contribution in [0.5, 0.6) is 5.75 Å². The number of ether oxygens (including phenoxy) is 1. The van der Waals surface area contributed by atoms with Crippen LogP contribution in [0.1, 0.15) is 11.1 Å². The van der Waals surface area contributed by atoms with Gasteiger partial charge in [-0.15, -0.1) is 11.6 Å². The molecule has 3 nitrogen and oxygen atoms in total. The summed E-state index contributed by atoms with van der Waals surface area (Å²) in [7, 11) is -2.98. The summed E-state index contributed by atoms with van der Waals surface area (Å²) in [6.07, 6.45) is 1.19. The number of aryl methyl sites for hydroxylation is 1. The zero-order valence-electron chi connectivity index (χ0n) is 9.36. The Hall–Kier alpha value is -0.740. The second-order valence-electron chi connectivity index (χ2n) is 3.72. The molecule has 1 aromatic rings. The van der Waals surface area contributed by atoms with Crippen LogP contribution in [0.4, 0.5) is 0 Å². The van der Waals surface area contributed by atoms with Crippen LogP contribution in [0.2, 0.25) is 0 Å². The Morgan fingerprint density at radius 1 is 1.38 bits per heavy atom. The first kappa shape index (κ1) is 13.3. The lowest BCUT2D eigenvalue weighted by Crippen LogP contribution is -2.12. The highest BCUT2D eigenvalue weighted by molar-refractivity contribution is 7.90. The fourth-order valence-electron chi connectivity index (χ4n) is 1.26. The van der Waals surface area contributed by atoms with Crippen LogP contribution < -0.4 is 4.74 Å². The Kier molecular flexibility index (Phi) is 4.62. The summed E-state index contributed by atoms with van der Waals surface area (Å²) < 4.78 is 27.2. The van der Waals surface area contributed by atoms with E-state index in [1.165, 1.54) is 6.26 Å². The maximum absolute atomic E-state index is 10.9. The minimum Gasteiger partial charge on any atom is -0.492 e. The van der Waals surface area contributed by atoms with E-state index in [0.717, 1.165) is 11.1 Å². The third kappa shape index (κ3) is 4.41. The molecular weight excluding hydrogens is 248 g/mol. The number of alkyl halides is 1. The van der Waals surface area contributed by atoms with Gasteiger partial charge in [-0.05, 0) is 13.0 Å². The zero-order valence-corrected chi connectivity index (χ0v) is 10.9. The number of sulfone groups is 1. The molecule has 1 aromatic carbocycles. The van der Waals surface area contributed by atoms with Crippen molar-refractivity contribution in [3.63, 3.8) is 0 Å². The number of hydrogen-bond acceptors (Lipinski definition) is 3. The van der Waals surface area contributed by atoms with Gasteiger partial charge in [-0.25, -0.2) is 8.42 Å². The highest BCUT2D eigenvalue weighted by Gasteiger charge is 2.06. The average Bonchev–Trinajstić information content (AvgIpc) is 2.18. The van der Waals surface area contributed by atoms with Gasteiger partial charge in [0.05, 0.1) is 11.6 Å². The van der Waals surface area contributed by atoms with E-state index < -0.39 is 9.84 Å². The van der Waals surface area contributed by atoms with E-state index in [9.17, 15) is 8.42 Å². The standard InChI is InChI=1S/C11H15ClO3S/c1-9-3-4-11(10(7-9)8-12)15-5-6-16(2,13)14/h3-4,7H,5-6,8H2,1-2H3. The summed E-state index contributed by atoms with van der Waals surface area (Å²) in [6, 6.07) is 5.66. The van der Waals surface area contributed by atoms with Crippen LogP contribution in [0.15, 0.2) is 18.2 Å². The van der Waals surface area contributed by atoms with E-state index in [2.05, 4.69) is 0 Å². The molecule has 0 bridgehead atoms. The van der Waals surface area contributed by atoms with Crippen molar-refractivity contribution in [2.75, 3.05) is 18.6 Å². The molecule has 0 fully saturated rings. The minimum atomic E-state index is -2.98. The van der Waals surface area contributed by atoms with Crippen LogP contribution in [0, 0.1) is 6.92 Å². The maximum Gasteiger partial charge on any atom is 0.150 e. The molecule has 90 valence electrons. The second-order valence-corrected chi connectivity index (χ2v) is 6.25. The van der Waals surface area contributed by atoms with Crippen LogP contribution >= 0.6 is 11.6 Å². The van der Waals surface area contributed by atoms with E-state index >= 15 is 0 Å². The normalized spacial score (nSPS) is 11.4. The molecular formula is C11H15ClO3S. The van der Waals surface area contributed by atoms with Gasteiger partial charge in [0.1, 0.15) is 12.4 Å². The smallest absolute Gasteiger partial charge is 0.150 e. The molecule has 0 N–H and O–H groups in total. The molecule has 16 heavy (non-hydrogen) atoms. The summed E-state index contributed by atoms with van der Waals surface area (Å²) in [5.41, 5.74) is 1.99. The van der Waals surface area contributed by atoms with Crippen molar-refractivity contribution in [1.82, 2.24) is 0 Å². The lowest BCUT2D eigenvalue weighted by atomic mass is 10.1. The maximum atomic E-state index is 10.9. The Labute approximate surface area is 101 Å². The van der Waals surface area contributed by atoms with Crippen molar-refractivity contribution >= 4 is 21.4 Å². The molecule has 0 saturated carbocycles. The van der Waals surface area contributed by atoms with Gasteiger partial charge in [-0.2, -0.15) is 0 Å². The molecule has 5 heteroatoms. The van der Waals surface area contributed by atoms with Gasteiger partial charge in [0, 0.05) is 11.8 Å². The van der Waals surface area contributed by atoms with Crippen molar-refractivity contribution in [3.05, 3.63) is 29.3 Å². The van der Waals surface area contributed by atoms with Crippen LogP contribution in [-0.4, -0.2) is 27.0 Å². The first-order valence-electron chi connectivity index (χ1n) is 4.88. The van der Waals surface area contributed by atoms with E-state index in [0.29, 0.717) is 11.6 Å². The van der Waals surface area contributed by atoms with Gasteiger partial charge < -0.3 is 4.74 Å². The predicted octanol–water partition coefficient (Wildman–Crippen LogP) is 2.16. The fraction of sp³-hybridized carbons (Fsp3) is 0.455. The summed E-state index contributed by atoms with van der Waals surface area (Å²) >= 11 is 5.77. The number of halogens is 1. The lowest BCUT2D eigenvalue weighted by Gasteiger charge is -2.10. The minimum absolute atomic E-state index is 0.0165. The fourth-order valence-corrected chi connectivity index (χ4v) is 1.85. The predicted molar refractivity (Wildman–Crippen MR) is 65.9 cm³/mol. The third-order valence-corrected chi connectivity index (χ3v) is 3.27. The number of rotatable bonds is 5. The largest absolute Gasteiger partial charge is 0.492 e. The molecule has 0 heterocycles. The van der Waals surface area contributed by atoms with Gasteiger partial charge in [-0.3, -0.25) is 0 Å². The molecule has 0 radical (unpaired) electrons. The van der Waals surface area contributed by atoms with Crippen LogP contribution in [0.3, 0.4) is 0 Å². The van der Waals surface area contributed by atoms with Gasteiger partial charge in [-0.1, -0.05) is 17.7 Å². The van der Waals surface area contributed by atoms with Crippen LogP contribution in [0.25, 0.3) is 0 Å². The SMILES string of the molecule is Cc1ccc(OCCS(C)(=O)=O)c(CCl)c1. The molecule has 0 unspecified atom stereocenters. The number of hydrogen-bond donors (Lipinski definition) is 0. The first-order chi connectivity index (χ1) is 7.42. The van der Waals surface area contributed by atoms with E-state index in [1.54, 1.807) is 0 Å². The Morgan fingerprint density at radius 3 is 2.62 bits per heavy atom. The highest BCUT2D eigenvalue weighted by Crippen LogP contribution is 2.21. The molecule has 0 atom stereocenters. The lowest BCUT2D eigenvalue weighted by molar-refractivity contribution is 0.338. The average molecular weight is 263 g/mol. The first-order valence-corrected chi connectivity index (χ1v) is 7.48. The quantitative estimate of drug-likeness (QED) is 0.764. The third-order valence-electron chi connectivity index (χ3n) is 2.07. The Bertz CT molecular complexity index is 454. The molecule has 0 aromatic heterocycles. The molecule has 0 amide bonds. The molecule has 0 aliphatic heterocycles. The summed E-state index contributed by atoms with van der Waals surface area (Å²) in [4.78, 5) is 0. The molecule has 0 saturated heterocycles. The van der Waals surface area contributed by atoms with E-state index in [1.807, 2.05) is 25.1 Å². The Balaban J connectivity index is 2.67. The topological polar surface area (TPSA) is 43.4 Å². The van der Waals surface area contributed by atoms with Gasteiger partial charge in [0.2, 0.25) is 0 Å². The zero-order chi connectivity index (χ0) is 12.2. The molecule has 0 spiro atoms. The van der Waals surface area contributed by atoms with Crippen molar-refractivity contribution in [1.29, 1.82) is 0 Å². The molecule has 0 aliphatic rings. The van der Waals surface area contributed by atoms with Crippen molar-refractivity contribution in [2.24, 2.45) is 0 Å². The monoisotopic (exact) mass is 262 g/mol. The van der Waals surface area contributed by atoms with Crippen molar-refractivity contribution in [3.8, 4) is 5.75 Å². The van der Waals surface area contributed by atoms with Crippen molar-refractivity contribution in [2.45, 2.75) is 12.8 Å².